The summed E-state index contributed by atoms with van der Waals surface area (Å²) in [7, 11) is 5.95. The molecule has 0 radical (unpaired) electrons. The highest BCUT2D eigenvalue weighted by atomic mass is 16.5. The van der Waals surface area contributed by atoms with Crippen molar-refractivity contribution in [1.82, 2.24) is 10.2 Å². The number of likely N-dealkylation sites (N-methyl/N-ethyl adjacent to an activating group) is 1. The van der Waals surface area contributed by atoms with Gasteiger partial charge in [-0.2, -0.15) is 0 Å². The number of rotatable bonds is 4. The van der Waals surface area contributed by atoms with Crippen LogP contribution in [0.4, 0.5) is 5.69 Å². The lowest BCUT2D eigenvalue weighted by Gasteiger charge is -2.40. The predicted octanol–water partition coefficient (Wildman–Crippen LogP) is 1.42. The van der Waals surface area contributed by atoms with E-state index in [2.05, 4.69) is 48.3 Å². The molecular formula is C15H25N3O. The molecule has 0 aromatic heterocycles. The quantitative estimate of drug-likeness (QED) is 0.889. The van der Waals surface area contributed by atoms with E-state index in [0.717, 1.165) is 25.4 Å². The summed E-state index contributed by atoms with van der Waals surface area (Å²) < 4.78 is 5.21. The zero-order chi connectivity index (χ0) is 13.8. The molecule has 1 aliphatic rings. The second-order valence-electron chi connectivity index (χ2n) is 5.63. The van der Waals surface area contributed by atoms with E-state index in [0.29, 0.717) is 12.1 Å². The molecule has 2 unspecified atom stereocenters. The normalized spacial score (nSPS) is 23.7. The first-order chi connectivity index (χ1) is 9.08. The summed E-state index contributed by atoms with van der Waals surface area (Å²) >= 11 is 0. The molecule has 1 saturated heterocycles. The Kier molecular flexibility index (Phi) is 4.66. The molecule has 4 heteroatoms. The molecule has 1 aromatic carbocycles. The van der Waals surface area contributed by atoms with Gasteiger partial charge in [0, 0.05) is 37.4 Å². The fourth-order valence-electron chi connectivity index (χ4n) is 2.73. The third-order valence-electron chi connectivity index (χ3n) is 3.48. The zero-order valence-electron chi connectivity index (χ0n) is 12.4. The standard InChI is InChI=1S/C15H25N3O/c1-12-9-18(11-13(16-12)10-17(2)3)14-5-7-15(19-4)8-6-14/h5-8,12-13,16H,9-11H2,1-4H3. The molecule has 0 saturated carbocycles. The molecule has 1 N–H and O–H groups in total. The molecule has 2 rings (SSSR count). The van der Waals surface area contributed by atoms with Crippen LogP contribution in [0.5, 0.6) is 5.75 Å². The fourth-order valence-corrected chi connectivity index (χ4v) is 2.73. The minimum atomic E-state index is 0.515. The van der Waals surface area contributed by atoms with Crippen LogP contribution in [0.2, 0.25) is 0 Å². The topological polar surface area (TPSA) is 27.7 Å². The van der Waals surface area contributed by atoms with Crippen LogP contribution in [-0.2, 0) is 0 Å². The first-order valence-corrected chi connectivity index (χ1v) is 6.88. The first kappa shape index (κ1) is 14.2. The van der Waals surface area contributed by atoms with Crippen molar-refractivity contribution in [2.75, 3.05) is 45.7 Å². The molecule has 1 fully saturated rings. The van der Waals surface area contributed by atoms with E-state index < -0.39 is 0 Å². The van der Waals surface area contributed by atoms with Crippen LogP contribution in [-0.4, -0.2) is 57.8 Å². The third kappa shape index (κ3) is 3.85. The van der Waals surface area contributed by atoms with E-state index in [4.69, 9.17) is 4.74 Å². The molecule has 0 spiro atoms. The van der Waals surface area contributed by atoms with Crippen LogP contribution in [0.1, 0.15) is 6.92 Å². The minimum Gasteiger partial charge on any atom is -0.497 e. The van der Waals surface area contributed by atoms with Crippen molar-refractivity contribution in [3.63, 3.8) is 0 Å². The second-order valence-corrected chi connectivity index (χ2v) is 5.63. The number of ether oxygens (including phenoxy) is 1. The molecule has 1 heterocycles. The Bertz CT molecular complexity index is 389. The largest absolute Gasteiger partial charge is 0.497 e. The van der Waals surface area contributed by atoms with Crippen molar-refractivity contribution < 1.29 is 4.74 Å². The molecule has 1 aromatic rings. The van der Waals surface area contributed by atoms with Crippen molar-refractivity contribution in [1.29, 1.82) is 0 Å². The van der Waals surface area contributed by atoms with Crippen LogP contribution in [0.3, 0.4) is 0 Å². The lowest BCUT2D eigenvalue weighted by atomic mass is 10.1. The maximum atomic E-state index is 5.21. The van der Waals surface area contributed by atoms with E-state index in [9.17, 15) is 0 Å². The summed E-state index contributed by atoms with van der Waals surface area (Å²) in [5, 5.41) is 3.66. The van der Waals surface area contributed by atoms with Gasteiger partial charge in [-0.3, -0.25) is 0 Å². The molecule has 4 nitrogen and oxygen atoms in total. The van der Waals surface area contributed by atoms with Crippen molar-refractivity contribution in [2.45, 2.75) is 19.0 Å². The molecule has 0 amide bonds. The number of hydrogen-bond donors (Lipinski definition) is 1. The average molecular weight is 263 g/mol. The third-order valence-corrected chi connectivity index (χ3v) is 3.48. The molecular weight excluding hydrogens is 238 g/mol. The van der Waals surface area contributed by atoms with Gasteiger partial charge < -0.3 is 19.9 Å². The number of methoxy groups -OCH3 is 1. The zero-order valence-corrected chi connectivity index (χ0v) is 12.4. The smallest absolute Gasteiger partial charge is 0.119 e. The van der Waals surface area contributed by atoms with Crippen molar-refractivity contribution in [3.8, 4) is 5.75 Å². The first-order valence-electron chi connectivity index (χ1n) is 6.88. The fraction of sp³-hybridized carbons (Fsp3) is 0.600. The molecule has 1 aliphatic heterocycles. The number of nitrogens with zero attached hydrogens (tertiary/aromatic N) is 2. The van der Waals surface area contributed by atoms with Gasteiger partial charge in [0.15, 0.2) is 0 Å². The van der Waals surface area contributed by atoms with Gasteiger partial charge in [-0.1, -0.05) is 0 Å². The van der Waals surface area contributed by atoms with Crippen LogP contribution >= 0.6 is 0 Å². The van der Waals surface area contributed by atoms with Crippen LogP contribution in [0, 0.1) is 0 Å². The van der Waals surface area contributed by atoms with E-state index in [1.54, 1.807) is 7.11 Å². The van der Waals surface area contributed by atoms with Gasteiger partial charge in [-0.05, 0) is 45.3 Å². The highest BCUT2D eigenvalue weighted by Gasteiger charge is 2.24. The van der Waals surface area contributed by atoms with Gasteiger partial charge in [0.25, 0.3) is 0 Å². The Hall–Kier alpha value is -1.26. The van der Waals surface area contributed by atoms with Gasteiger partial charge in [0.1, 0.15) is 5.75 Å². The molecule has 2 atom stereocenters. The van der Waals surface area contributed by atoms with Gasteiger partial charge in [-0.25, -0.2) is 0 Å². The highest BCUT2D eigenvalue weighted by Crippen LogP contribution is 2.21. The van der Waals surface area contributed by atoms with Crippen molar-refractivity contribution in [3.05, 3.63) is 24.3 Å². The minimum absolute atomic E-state index is 0.515. The summed E-state index contributed by atoms with van der Waals surface area (Å²) in [5.41, 5.74) is 1.28. The maximum Gasteiger partial charge on any atom is 0.119 e. The van der Waals surface area contributed by atoms with E-state index in [1.165, 1.54) is 5.69 Å². The second kappa shape index (κ2) is 6.26. The Morgan fingerprint density at radius 1 is 1.26 bits per heavy atom. The highest BCUT2D eigenvalue weighted by molar-refractivity contribution is 5.49. The van der Waals surface area contributed by atoms with E-state index >= 15 is 0 Å². The van der Waals surface area contributed by atoms with Gasteiger partial charge in [0.05, 0.1) is 7.11 Å². The van der Waals surface area contributed by atoms with Crippen LogP contribution in [0.25, 0.3) is 0 Å². The molecule has 106 valence electrons. The van der Waals surface area contributed by atoms with Crippen molar-refractivity contribution in [2.24, 2.45) is 0 Å². The summed E-state index contributed by atoms with van der Waals surface area (Å²) in [5.74, 6) is 0.914. The molecule has 0 bridgehead atoms. The van der Waals surface area contributed by atoms with Gasteiger partial charge >= 0.3 is 0 Å². The lowest BCUT2D eigenvalue weighted by Crippen LogP contribution is -2.58. The summed E-state index contributed by atoms with van der Waals surface area (Å²) in [4.78, 5) is 4.69. The predicted molar refractivity (Wildman–Crippen MR) is 80.1 cm³/mol. The molecule has 0 aliphatic carbocycles. The lowest BCUT2D eigenvalue weighted by molar-refractivity contribution is 0.297. The summed E-state index contributed by atoms with van der Waals surface area (Å²) in [6, 6.07) is 9.38. The summed E-state index contributed by atoms with van der Waals surface area (Å²) in [6.45, 7) is 5.42. The van der Waals surface area contributed by atoms with E-state index in [-0.39, 0.29) is 0 Å². The number of piperazine rings is 1. The maximum absolute atomic E-state index is 5.21. The average Bonchev–Trinajstić information content (AvgIpc) is 2.37. The van der Waals surface area contributed by atoms with Crippen LogP contribution in [0.15, 0.2) is 24.3 Å². The Labute approximate surface area is 116 Å². The number of anilines is 1. The number of nitrogens with one attached hydrogen (secondary N) is 1. The number of hydrogen-bond acceptors (Lipinski definition) is 4. The SMILES string of the molecule is COc1ccc(N2CC(C)NC(CN(C)C)C2)cc1. The van der Waals surface area contributed by atoms with Crippen molar-refractivity contribution >= 4 is 5.69 Å². The Morgan fingerprint density at radius 3 is 2.53 bits per heavy atom. The molecule has 19 heavy (non-hydrogen) atoms. The van der Waals surface area contributed by atoms with Gasteiger partial charge in [-0.15, -0.1) is 0 Å². The van der Waals surface area contributed by atoms with E-state index in [1.807, 2.05) is 12.1 Å². The van der Waals surface area contributed by atoms with Crippen LogP contribution < -0.4 is 15.0 Å². The Morgan fingerprint density at radius 2 is 1.95 bits per heavy atom. The number of benzene rings is 1. The van der Waals surface area contributed by atoms with Gasteiger partial charge in [0.2, 0.25) is 0 Å². The summed E-state index contributed by atoms with van der Waals surface area (Å²) in [6.07, 6.45) is 0. The Balaban J connectivity index is 2.05. The monoisotopic (exact) mass is 263 g/mol.